The van der Waals surface area contributed by atoms with Crippen molar-refractivity contribution in [3.63, 3.8) is 0 Å². The maximum Gasteiger partial charge on any atom is 0.0579 e. The van der Waals surface area contributed by atoms with Crippen LogP contribution in [0.4, 0.5) is 0 Å². The summed E-state index contributed by atoms with van der Waals surface area (Å²) in [6.07, 6.45) is 2.06. The molecule has 0 aliphatic rings. The normalized spacial score (nSPS) is 10.2. The van der Waals surface area contributed by atoms with Gasteiger partial charge in [-0.05, 0) is 53.5 Å². The summed E-state index contributed by atoms with van der Waals surface area (Å²) in [4.78, 5) is 1.26. The molecule has 0 nitrogen and oxygen atoms in total. The molecule has 0 aliphatic carbocycles. The fourth-order valence-corrected chi connectivity index (χ4v) is 2.27. The topological polar surface area (TPSA) is 0 Å². The predicted octanol–water partition coefficient (Wildman–Crippen LogP) is 3.97. The summed E-state index contributed by atoms with van der Waals surface area (Å²) < 4.78 is 1.12. The number of hydrogen-bond donors (Lipinski definition) is 0. The molecule has 0 atom stereocenters. The standard InChI is InChI=1S/C8H8ClIS/c1-5-7(11-2)4-3-6(10)8(5)9/h3-4H,1-2H3. The maximum absolute atomic E-state index is 6.04. The molecule has 0 saturated heterocycles. The number of halogens is 2. The minimum Gasteiger partial charge on any atom is -0.129 e. The van der Waals surface area contributed by atoms with Crippen LogP contribution in [-0.4, -0.2) is 6.26 Å². The molecule has 1 aromatic rings. The summed E-state index contributed by atoms with van der Waals surface area (Å²) in [7, 11) is 0. The second-order valence-corrected chi connectivity index (χ2v) is 4.58. The third-order valence-corrected chi connectivity index (χ3v) is 4.10. The van der Waals surface area contributed by atoms with Gasteiger partial charge >= 0.3 is 0 Å². The number of thioether (sulfide) groups is 1. The zero-order valence-electron chi connectivity index (χ0n) is 6.32. The molecule has 0 fully saturated rings. The Balaban J connectivity index is 3.25. The molecule has 0 saturated carbocycles. The third-order valence-electron chi connectivity index (χ3n) is 1.51. The van der Waals surface area contributed by atoms with Crippen LogP contribution in [0.5, 0.6) is 0 Å². The van der Waals surface area contributed by atoms with Gasteiger partial charge in [-0.2, -0.15) is 0 Å². The average molecular weight is 299 g/mol. The number of rotatable bonds is 1. The molecule has 0 amide bonds. The predicted molar refractivity (Wildman–Crippen MR) is 60.7 cm³/mol. The zero-order chi connectivity index (χ0) is 8.43. The molecular formula is C8H8ClIS. The summed E-state index contributed by atoms with van der Waals surface area (Å²) in [5.41, 5.74) is 1.19. The van der Waals surface area contributed by atoms with E-state index in [9.17, 15) is 0 Å². The van der Waals surface area contributed by atoms with E-state index in [4.69, 9.17) is 11.6 Å². The van der Waals surface area contributed by atoms with Crippen molar-refractivity contribution in [3.05, 3.63) is 26.3 Å². The first kappa shape index (κ1) is 9.68. The highest BCUT2D eigenvalue weighted by Crippen LogP contribution is 2.29. The Morgan fingerprint density at radius 1 is 1.45 bits per heavy atom. The minimum atomic E-state index is 0.887. The molecule has 0 bridgehead atoms. The van der Waals surface area contributed by atoms with Crippen molar-refractivity contribution in [2.45, 2.75) is 11.8 Å². The molecule has 0 spiro atoms. The lowest BCUT2D eigenvalue weighted by Crippen LogP contribution is -1.83. The first-order chi connectivity index (χ1) is 5.16. The second-order valence-electron chi connectivity index (χ2n) is 2.19. The van der Waals surface area contributed by atoms with E-state index in [0.29, 0.717) is 0 Å². The van der Waals surface area contributed by atoms with E-state index in [1.165, 1.54) is 10.5 Å². The van der Waals surface area contributed by atoms with Gasteiger partial charge in [0.1, 0.15) is 0 Å². The Morgan fingerprint density at radius 2 is 2.09 bits per heavy atom. The van der Waals surface area contributed by atoms with Crippen LogP contribution in [0.2, 0.25) is 5.02 Å². The average Bonchev–Trinajstić information content (AvgIpc) is 2.01. The van der Waals surface area contributed by atoms with Gasteiger partial charge < -0.3 is 0 Å². The molecule has 60 valence electrons. The van der Waals surface area contributed by atoms with Crippen LogP contribution in [0.25, 0.3) is 0 Å². The van der Waals surface area contributed by atoms with Crippen LogP contribution >= 0.6 is 46.0 Å². The molecule has 0 N–H and O–H groups in total. The quantitative estimate of drug-likeness (QED) is 0.558. The van der Waals surface area contributed by atoms with Crippen LogP contribution in [-0.2, 0) is 0 Å². The van der Waals surface area contributed by atoms with Gasteiger partial charge in [0.25, 0.3) is 0 Å². The van der Waals surface area contributed by atoms with E-state index < -0.39 is 0 Å². The summed E-state index contributed by atoms with van der Waals surface area (Å²) in [5.74, 6) is 0. The van der Waals surface area contributed by atoms with Crippen LogP contribution in [0, 0.1) is 10.5 Å². The van der Waals surface area contributed by atoms with E-state index >= 15 is 0 Å². The third kappa shape index (κ3) is 2.04. The van der Waals surface area contributed by atoms with E-state index in [2.05, 4.69) is 41.8 Å². The molecule has 1 aromatic carbocycles. The lowest BCUT2D eigenvalue weighted by atomic mass is 10.2. The molecule has 0 unspecified atom stereocenters. The van der Waals surface area contributed by atoms with Crippen LogP contribution in [0.15, 0.2) is 17.0 Å². The van der Waals surface area contributed by atoms with Crippen molar-refractivity contribution in [2.24, 2.45) is 0 Å². The molecule has 0 heterocycles. The highest BCUT2D eigenvalue weighted by molar-refractivity contribution is 14.1. The summed E-state index contributed by atoms with van der Waals surface area (Å²) >= 11 is 10.0. The van der Waals surface area contributed by atoms with Crippen molar-refractivity contribution in [1.82, 2.24) is 0 Å². The zero-order valence-corrected chi connectivity index (χ0v) is 10.0. The van der Waals surface area contributed by atoms with E-state index in [1.807, 2.05) is 6.07 Å². The van der Waals surface area contributed by atoms with Gasteiger partial charge in [-0.1, -0.05) is 11.6 Å². The van der Waals surface area contributed by atoms with Crippen LogP contribution in [0.1, 0.15) is 5.56 Å². The van der Waals surface area contributed by atoms with Gasteiger partial charge in [-0.3, -0.25) is 0 Å². The molecule has 1 rings (SSSR count). The van der Waals surface area contributed by atoms with E-state index in [0.717, 1.165) is 8.59 Å². The highest BCUT2D eigenvalue weighted by atomic mass is 127. The molecule has 0 aromatic heterocycles. The largest absolute Gasteiger partial charge is 0.129 e. The number of benzene rings is 1. The van der Waals surface area contributed by atoms with Gasteiger partial charge in [-0.15, -0.1) is 11.8 Å². The fourth-order valence-electron chi connectivity index (χ4n) is 0.855. The lowest BCUT2D eigenvalue weighted by molar-refractivity contribution is 1.29. The molecule has 3 heteroatoms. The van der Waals surface area contributed by atoms with Gasteiger partial charge in [0.2, 0.25) is 0 Å². The SMILES string of the molecule is CSc1ccc(I)c(Cl)c1C. The highest BCUT2D eigenvalue weighted by Gasteiger charge is 2.04. The number of hydrogen-bond acceptors (Lipinski definition) is 1. The molecule has 0 aliphatic heterocycles. The van der Waals surface area contributed by atoms with Crippen molar-refractivity contribution in [3.8, 4) is 0 Å². The maximum atomic E-state index is 6.04. The Bertz CT molecular complexity index is 273. The van der Waals surface area contributed by atoms with Crippen LogP contribution in [0.3, 0.4) is 0 Å². The van der Waals surface area contributed by atoms with E-state index in [-0.39, 0.29) is 0 Å². The first-order valence-electron chi connectivity index (χ1n) is 3.15. The molecule has 11 heavy (non-hydrogen) atoms. The van der Waals surface area contributed by atoms with Crippen molar-refractivity contribution < 1.29 is 0 Å². The molecular weight excluding hydrogens is 291 g/mol. The lowest BCUT2D eigenvalue weighted by Gasteiger charge is -2.05. The van der Waals surface area contributed by atoms with Crippen molar-refractivity contribution >= 4 is 46.0 Å². The minimum absolute atomic E-state index is 0.887. The van der Waals surface area contributed by atoms with Crippen molar-refractivity contribution in [2.75, 3.05) is 6.26 Å². The first-order valence-corrected chi connectivity index (χ1v) is 5.83. The van der Waals surface area contributed by atoms with Gasteiger partial charge in [0.05, 0.1) is 5.02 Å². The summed E-state index contributed by atoms with van der Waals surface area (Å²) in [6.45, 7) is 2.05. The summed E-state index contributed by atoms with van der Waals surface area (Å²) in [6, 6.07) is 4.15. The Morgan fingerprint density at radius 3 is 2.64 bits per heavy atom. The Kier molecular flexibility index (Phi) is 3.52. The van der Waals surface area contributed by atoms with Crippen LogP contribution < -0.4 is 0 Å². The smallest absolute Gasteiger partial charge is 0.0579 e. The Labute approximate surface area is 89.8 Å². The van der Waals surface area contributed by atoms with Crippen molar-refractivity contribution in [1.29, 1.82) is 0 Å². The van der Waals surface area contributed by atoms with Gasteiger partial charge in [-0.25, -0.2) is 0 Å². The second kappa shape index (κ2) is 4.01. The van der Waals surface area contributed by atoms with E-state index in [1.54, 1.807) is 11.8 Å². The molecule has 0 radical (unpaired) electrons. The fraction of sp³-hybridized carbons (Fsp3) is 0.250. The summed E-state index contributed by atoms with van der Waals surface area (Å²) in [5, 5.41) is 0.887. The Hall–Kier alpha value is 0.590. The monoisotopic (exact) mass is 298 g/mol. The van der Waals surface area contributed by atoms with Gasteiger partial charge in [0.15, 0.2) is 0 Å². The van der Waals surface area contributed by atoms with Gasteiger partial charge in [0, 0.05) is 8.47 Å².